The van der Waals surface area contributed by atoms with Gasteiger partial charge in [0.1, 0.15) is 17.2 Å². The minimum atomic E-state index is -0.604. The number of rotatable bonds is 7. The van der Waals surface area contributed by atoms with E-state index in [2.05, 4.69) is 5.32 Å². The van der Waals surface area contributed by atoms with Gasteiger partial charge in [0, 0.05) is 24.3 Å². The number of benzene rings is 3. The van der Waals surface area contributed by atoms with Crippen LogP contribution in [0.1, 0.15) is 28.4 Å². The number of hydrogen-bond donors (Lipinski definition) is 1. The molecule has 4 rings (SSSR count). The molecular weight excluding hydrogens is 432 g/mol. The first-order chi connectivity index (χ1) is 16.5. The lowest BCUT2D eigenvalue weighted by atomic mass is 10.1. The molecule has 0 fully saturated rings. The molecule has 1 heterocycles. The Bertz CT molecular complexity index is 1190. The average Bonchev–Trinajstić information content (AvgIpc) is 2.98. The molecule has 3 aromatic carbocycles. The SMILES string of the molecule is COc1ccccc1CCN1Cc2cc(NC(=O)c3ccccc3OC)ccc2OC(C)C1=O. The van der Waals surface area contributed by atoms with Crippen LogP contribution in [0.4, 0.5) is 5.69 Å². The summed E-state index contributed by atoms with van der Waals surface area (Å²) in [6.45, 7) is 2.65. The van der Waals surface area contributed by atoms with Crippen molar-refractivity contribution in [2.45, 2.75) is 26.0 Å². The van der Waals surface area contributed by atoms with Gasteiger partial charge in [-0.25, -0.2) is 0 Å². The molecule has 2 amide bonds. The number of ether oxygens (including phenoxy) is 3. The average molecular weight is 461 g/mol. The molecule has 1 unspecified atom stereocenters. The Morgan fingerprint density at radius 1 is 1.03 bits per heavy atom. The molecule has 34 heavy (non-hydrogen) atoms. The lowest BCUT2D eigenvalue weighted by Crippen LogP contribution is -2.39. The van der Waals surface area contributed by atoms with Crippen molar-refractivity contribution in [1.29, 1.82) is 0 Å². The second-order valence-corrected chi connectivity index (χ2v) is 8.06. The summed E-state index contributed by atoms with van der Waals surface area (Å²) in [7, 11) is 3.17. The number of methoxy groups -OCH3 is 2. The third-order valence-electron chi connectivity index (χ3n) is 5.84. The topological polar surface area (TPSA) is 77.1 Å². The minimum absolute atomic E-state index is 0.0781. The summed E-state index contributed by atoms with van der Waals surface area (Å²) in [6, 6.07) is 20.3. The lowest BCUT2D eigenvalue weighted by Gasteiger charge is -2.22. The Morgan fingerprint density at radius 3 is 2.50 bits per heavy atom. The van der Waals surface area contributed by atoms with E-state index in [0.717, 1.165) is 16.9 Å². The van der Waals surface area contributed by atoms with Gasteiger partial charge >= 0.3 is 0 Å². The summed E-state index contributed by atoms with van der Waals surface area (Å²) >= 11 is 0. The van der Waals surface area contributed by atoms with Gasteiger partial charge in [0.05, 0.1) is 19.8 Å². The molecule has 0 aliphatic carbocycles. The molecule has 176 valence electrons. The van der Waals surface area contributed by atoms with E-state index in [1.54, 1.807) is 49.3 Å². The zero-order valence-electron chi connectivity index (χ0n) is 19.5. The predicted molar refractivity (Wildman–Crippen MR) is 130 cm³/mol. The van der Waals surface area contributed by atoms with Crippen LogP contribution in [-0.4, -0.2) is 43.6 Å². The molecule has 0 aromatic heterocycles. The molecule has 0 bridgehead atoms. The van der Waals surface area contributed by atoms with Crippen molar-refractivity contribution in [3.8, 4) is 17.2 Å². The molecular formula is C27H28N2O5. The highest BCUT2D eigenvalue weighted by Crippen LogP contribution is 2.30. The van der Waals surface area contributed by atoms with Crippen LogP contribution in [0, 0.1) is 0 Å². The first kappa shape index (κ1) is 23.2. The van der Waals surface area contributed by atoms with Crippen molar-refractivity contribution in [2.24, 2.45) is 0 Å². The third kappa shape index (κ3) is 4.98. The number of nitrogens with zero attached hydrogens (tertiary/aromatic N) is 1. The molecule has 0 spiro atoms. The fourth-order valence-electron chi connectivity index (χ4n) is 4.06. The molecule has 7 heteroatoms. The van der Waals surface area contributed by atoms with E-state index in [1.165, 1.54) is 7.11 Å². The number of amides is 2. The van der Waals surface area contributed by atoms with E-state index in [1.807, 2.05) is 36.4 Å². The van der Waals surface area contributed by atoms with E-state index in [-0.39, 0.29) is 11.8 Å². The second-order valence-electron chi connectivity index (χ2n) is 8.06. The summed E-state index contributed by atoms with van der Waals surface area (Å²) in [5.41, 5.74) is 2.92. The largest absolute Gasteiger partial charge is 0.496 e. The molecule has 1 aliphatic heterocycles. The number of carbonyl (C=O) groups is 2. The van der Waals surface area contributed by atoms with Crippen LogP contribution in [-0.2, 0) is 17.8 Å². The number of para-hydroxylation sites is 2. The van der Waals surface area contributed by atoms with Gasteiger partial charge in [-0.3, -0.25) is 9.59 Å². The van der Waals surface area contributed by atoms with Crippen LogP contribution in [0.2, 0.25) is 0 Å². The second kappa shape index (κ2) is 10.3. The summed E-state index contributed by atoms with van der Waals surface area (Å²) in [5, 5.41) is 2.92. The number of carbonyl (C=O) groups excluding carboxylic acids is 2. The van der Waals surface area contributed by atoms with E-state index in [4.69, 9.17) is 14.2 Å². The van der Waals surface area contributed by atoms with Gasteiger partial charge in [0.15, 0.2) is 6.10 Å². The van der Waals surface area contributed by atoms with Crippen molar-refractivity contribution in [1.82, 2.24) is 4.90 Å². The Kier molecular flexibility index (Phi) is 7.01. The normalized spacial score (nSPS) is 15.1. The maximum atomic E-state index is 13.0. The fourth-order valence-corrected chi connectivity index (χ4v) is 4.06. The van der Waals surface area contributed by atoms with Gasteiger partial charge in [-0.15, -0.1) is 0 Å². The first-order valence-electron chi connectivity index (χ1n) is 11.1. The van der Waals surface area contributed by atoms with Crippen molar-refractivity contribution < 1.29 is 23.8 Å². The summed E-state index contributed by atoms with van der Waals surface area (Å²) in [6.07, 6.45) is 0.0510. The molecule has 7 nitrogen and oxygen atoms in total. The van der Waals surface area contributed by atoms with E-state index < -0.39 is 6.10 Å². The van der Waals surface area contributed by atoms with Gasteiger partial charge in [0.25, 0.3) is 11.8 Å². The fraction of sp³-hybridized carbons (Fsp3) is 0.259. The molecule has 0 saturated carbocycles. The highest BCUT2D eigenvalue weighted by molar-refractivity contribution is 6.06. The van der Waals surface area contributed by atoms with Crippen molar-refractivity contribution in [3.63, 3.8) is 0 Å². The molecule has 1 aliphatic rings. The smallest absolute Gasteiger partial charge is 0.263 e. The number of hydrogen-bond acceptors (Lipinski definition) is 5. The Labute approximate surface area is 199 Å². The highest BCUT2D eigenvalue weighted by atomic mass is 16.5. The molecule has 1 atom stereocenters. The molecule has 0 radical (unpaired) electrons. The number of anilines is 1. The van der Waals surface area contributed by atoms with Gasteiger partial charge < -0.3 is 24.4 Å². The zero-order valence-corrected chi connectivity index (χ0v) is 19.5. The van der Waals surface area contributed by atoms with Crippen molar-refractivity contribution in [2.75, 3.05) is 26.1 Å². The maximum Gasteiger partial charge on any atom is 0.263 e. The first-order valence-corrected chi connectivity index (χ1v) is 11.1. The lowest BCUT2D eigenvalue weighted by molar-refractivity contribution is -0.137. The van der Waals surface area contributed by atoms with Crippen molar-refractivity contribution in [3.05, 3.63) is 83.4 Å². The van der Waals surface area contributed by atoms with Gasteiger partial charge in [0.2, 0.25) is 0 Å². The highest BCUT2D eigenvalue weighted by Gasteiger charge is 2.28. The maximum absolute atomic E-state index is 13.0. The molecule has 1 N–H and O–H groups in total. The predicted octanol–water partition coefficient (Wildman–Crippen LogP) is 4.31. The van der Waals surface area contributed by atoms with Gasteiger partial charge in [-0.2, -0.15) is 0 Å². The Morgan fingerprint density at radius 2 is 1.74 bits per heavy atom. The van der Waals surface area contributed by atoms with Crippen molar-refractivity contribution >= 4 is 17.5 Å². The summed E-state index contributed by atoms with van der Waals surface area (Å²) in [5.74, 6) is 1.59. The van der Waals surface area contributed by atoms with Crippen LogP contribution in [0.3, 0.4) is 0 Å². The quantitative estimate of drug-likeness (QED) is 0.569. The zero-order chi connectivity index (χ0) is 24.1. The minimum Gasteiger partial charge on any atom is -0.496 e. The summed E-state index contributed by atoms with van der Waals surface area (Å²) < 4.78 is 16.7. The van der Waals surface area contributed by atoms with Crippen LogP contribution < -0.4 is 19.5 Å². The monoisotopic (exact) mass is 460 g/mol. The van der Waals surface area contributed by atoms with Gasteiger partial charge in [-0.05, 0) is 55.3 Å². The van der Waals surface area contributed by atoms with E-state index in [9.17, 15) is 9.59 Å². The van der Waals surface area contributed by atoms with Crippen LogP contribution >= 0.6 is 0 Å². The number of nitrogens with one attached hydrogen (secondary N) is 1. The summed E-state index contributed by atoms with van der Waals surface area (Å²) in [4.78, 5) is 27.6. The van der Waals surface area contributed by atoms with Gasteiger partial charge in [-0.1, -0.05) is 30.3 Å². The molecule has 0 saturated heterocycles. The van der Waals surface area contributed by atoms with Crippen LogP contribution in [0.25, 0.3) is 0 Å². The molecule has 3 aromatic rings. The Hall–Kier alpha value is -4.00. The third-order valence-corrected chi connectivity index (χ3v) is 5.84. The van der Waals surface area contributed by atoms with Crippen LogP contribution in [0.5, 0.6) is 17.2 Å². The number of fused-ring (bicyclic) bond motifs is 1. The standard InChI is InChI=1S/C27H28N2O5/c1-18-27(31)29(15-14-19-8-4-6-10-23(19)32-2)17-20-16-21(12-13-24(20)34-18)28-26(30)22-9-5-7-11-25(22)33-3/h4-13,16,18H,14-15,17H2,1-3H3,(H,28,30). The van der Waals surface area contributed by atoms with Crippen LogP contribution in [0.15, 0.2) is 66.7 Å². The van der Waals surface area contributed by atoms with E-state index in [0.29, 0.717) is 42.3 Å². The van der Waals surface area contributed by atoms with E-state index >= 15 is 0 Å². The Balaban J connectivity index is 1.53.